The molecular formula is C19H32O4. The zero-order chi connectivity index (χ0) is 18.6. The summed E-state index contributed by atoms with van der Waals surface area (Å²) in [7, 11) is 0. The molecule has 0 aromatic heterocycles. The summed E-state index contributed by atoms with van der Waals surface area (Å²) in [5.41, 5.74) is -1.85. The molecule has 0 unspecified atom stereocenters. The fraction of sp³-hybridized carbons (Fsp3) is 0.684. The topological polar surface area (TPSA) is 80.9 Å². The minimum absolute atomic E-state index is 0.549. The lowest BCUT2D eigenvalue weighted by Crippen LogP contribution is -2.33. The van der Waals surface area contributed by atoms with Gasteiger partial charge >= 0.3 is 0 Å². The highest BCUT2D eigenvalue weighted by atomic mass is 16.3. The number of aliphatic hydroxyl groups is 4. The van der Waals surface area contributed by atoms with Gasteiger partial charge in [-0.1, -0.05) is 0 Å². The van der Waals surface area contributed by atoms with Gasteiger partial charge in [0.15, 0.2) is 0 Å². The molecule has 1 rings (SSSR count). The molecule has 0 bridgehead atoms. The van der Waals surface area contributed by atoms with E-state index in [1.807, 2.05) is 6.92 Å². The van der Waals surface area contributed by atoms with Gasteiger partial charge in [0, 0.05) is 0 Å². The Morgan fingerprint density at radius 2 is 0.826 bits per heavy atom. The Kier molecular flexibility index (Phi) is 4.86. The molecule has 4 N–H and O–H groups in total. The van der Waals surface area contributed by atoms with Gasteiger partial charge in [-0.25, -0.2) is 0 Å². The molecule has 1 aromatic carbocycles. The van der Waals surface area contributed by atoms with Crippen LogP contribution in [0.3, 0.4) is 0 Å². The van der Waals surface area contributed by atoms with E-state index >= 15 is 0 Å². The van der Waals surface area contributed by atoms with Gasteiger partial charge in [0.05, 0.1) is 22.4 Å². The number of rotatable bonds is 4. The average Bonchev–Trinajstić information content (AvgIpc) is 2.20. The second kappa shape index (κ2) is 5.55. The largest absolute Gasteiger partial charge is 0.386 e. The van der Waals surface area contributed by atoms with Crippen LogP contribution in [-0.2, 0) is 22.4 Å². The fourth-order valence-electron chi connectivity index (χ4n) is 3.36. The molecular weight excluding hydrogens is 292 g/mol. The van der Waals surface area contributed by atoms with Gasteiger partial charge in [0.25, 0.3) is 0 Å². The van der Waals surface area contributed by atoms with Crippen molar-refractivity contribution in [3.05, 3.63) is 33.9 Å². The minimum atomic E-state index is -1.20. The zero-order valence-electron chi connectivity index (χ0n) is 15.9. The summed E-state index contributed by atoms with van der Waals surface area (Å²) < 4.78 is 0. The van der Waals surface area contributed by atoms with E-state index in [0.717, 1.165) is 0 Å². The van der Waals surface area contributed by atoms with E-state index in [1.54, 1.807) is 61.5 Å². The first-order valence-corrected chi connectivity index (χ1v) is 7.97. The van der Waals surface area contributed by atoms with Gasteiger partial charge in [-0.3, -0.25) is 0 Å². The first-order chi connectivity index (χ1) is 9.88. The Hall–Kier alpha value is -0.940. The SMILES string of the molecule is Cc1c(C(C)(C)O)c(C(C)(C)O)cc(C(C)(C)O)c1C(C)(C)O. The number of hydrogen-bond donors (Lipinski definition) is 4. The molecule has 0 aliphatic carbocycles. The molecule has 0 aliphatic heterocycles. The highest BCUT2D eigenvalue weighted by Gasteiger charge is 2.37. The van der Waals surface area contributed by atoms with Gasteiger partial charge in [-0.15, -0.1) is 0 Å². The Balaban J connectivity index is 4.09. The molecule has 0 radical (unpaired) electrons. The monoisotopic (exact) mass is 324 g/mol. The van der Waals surface area contributed by atoms with Crippen molar-refractivity contribution in [2.24, 2.45) is 0 Å². The van der Waals surface area contributed by atoms with E-state index in [-0.39, 0.29) is 0 Å². The Morgan fingerprint density at radius 3 is 1.00 bits per heavy atom. The molecule has 23 heavy (non-hydrogen) atoms. The van der Waals surface area contributed by atoms with Crippen molar-refractivity contribution in [2.45, 2.75) is 84.7 Å². The van der Waals surface area contributed by atoms with Gasteiger partial charge in [-0.2, -0.15) is 0 Å². The second-order valence-corrected chi connectivity index (χ2v) is 8.58. The highest BCUT2D eigenvalue weighted by molar-refractivity contribution is 5.53. The minimum Gasteiger partial charge on any atom is -0.386 e. The predicted octanol–water partition coefficient (Wildman–Crippen LogP) is 2.90. The van der Waals surface area contributed by atoms with E-state index in [4.69, 9.17) is 0 Å². The maximum Gasteiger partial charge on any atom is 0.0846 e. The number of benzene rings is 1. The summed E-state index contributed by atoms with van der Waals surface area (Å²) in [5.74, 6) is 0. The maximum atomic E-state index is 10.6. The van der Waals surface area contributed by atoms with Crippen LogP contribution < -0.4 is 0 Å². The van der Waals surface area contributed by atoms with Crippen LogP contribution in [0.5, 0.6) is 0 Å². The molecule has 0 spiro atoms. The van der Waals surface area contributed by atoms with E-state index < -0.39 is 22.4 Å². The molecule has 0 heterocycles. The molecule has 0 fully saturated rings. The summed E-state index contributed by atoms with van der Waals surface area (Å²) in [5, 5.41) is 42.5. The molecule has 0 saturated heterocycles. The third-order valence-electron chi connectivity index (χ3n) is 4.12. The summed E-state index contributed by atoms with van der Waals surface area (Å²) in [6.45, 7) is 15.0. The van der Waals surface area contributed by atoms with Crippen LogP contribution in [0, 0.1) is 6.92 Å². The highest BCUT2D eigenvalue weighted by Crippen LogP contribution is 2.43. The summed E-state index contributed by atoms with van der Waals surface area (Å²) in [6.07, 6.45) is 0. The number of hydrogen-bond acceptors (Lipinski definition) is 4. The quantitative estimate of drug-likeness (QED) is 0.686. The summed E-state index contributed by atoms with van der Waals surface area (Å²) in [6, 6.07) is 1.70. The van der Waals surface area contributed by atoms with Gasteiger partial charge in [0.1, 0.15) is 0 Å². The molecule has 0 amide bonds. The van der Waals surface area contributed by atoms with Crippen molar-refractivity contribution in [1.82, 2.24) is 0 Å². The lowest BCUT2D eigenvalue weighted by atomic mass is 9.73. The Labute approximate surface area is 139 Å². The standard InChI is InChI=1S/C19H32O4/c1-11-14(18(6,7)22)12(16(2,3)20)10-13(17(4,5)21)15(11)19(8,9)23/h10,20-23H,1-9H3. The second-order valence-electron chi connectivity index (χ2n) is 8.58. The van der Waals surface area contributed by atoms with E-state index in [0.29, 0.717) is 27.8 Å². The van der Waals surface area contributed by atoms with Crippen LogP contribution in [0.25, 0.3) is 0 Å². The third kappa shape index (κ3) is 4.13. The van der Waals surface area contributed by atoms with Crippen molar-refractivity contribution in [2.75, 3.05) is 0 Å². The Bertz CT molecular complexity index is 538. The average molecular weight is 324 g/mol. The van der Waals surface area contributed by atoms with E-state index in [9.17, 15) is 20.4 Å². The van der Waals surface area contributed by atoms with Crippen molar-refractivity contribution in [3.8, 4) is 0 Å². The molecule has 1 aromatic rings. The van der Waals surface area contributed by atoms with Gasteiger partial charge in [0.2, 0.25) is 0 Å². The van der Waals surface area contributed by atoms with Gasteiger partial charge in [-0.05, 0) is 96.2 Å². The van der Waals surface area contributed by atoms with Gasteiger partial charge < -0.3 is 20.4 Å². The lowest BCUT2D eigenvalue weighted by Gasteiger charge is -2.37. The van der Waals surface area contributed by atoms with Crippen molar-refractivity contribution >= 4 is 0 Å². The molecule has 0 aliphatic rings. The molecule has 4 heteroatoms. The maximum absolute atomic E-state index is 10.6. The zero-order valence-corrected chi connectivity index (χ0v) is 15.9. The van der Waals surface area contributed by atoms with E-state index in [1.165, 1.54) is 0 Å². The first-order valence-electron chi connectivity index (χ1n) is 7.97. The molecule has 132 valence electrons. The lowest BCUT2D eigenvalue weighted by molar-refractivity contribution is 0.0408. The molecule has 0 saturated carbocycles. The van der Waals surface area contributed by atoms with Crippen LogP contribution in [0.4, 0.5) is 0 Å². The van der Waals surface area contributed by atoms with Crippen LogP contribution in [0.15, 0.2) is 6.07 Å². The summed E-state index contributed by atoms with van der Waals surface area (Å²) in [4.78, 5) is 0. The first kappa shape index (κ1) is 20.1. The predicted molar refractivity (Wildman–Crippen MR) is 92.2 cm³/mol. The molecule has 4 nitrogen and oxygen atoms in total. The third-order valence-corrected chi connectivity index (χ3v) is 4.12. The van der Waals surface area contributed by atoms with Crippen molar-refractivity contribution < 1.29 is 20.4 Å². The normalized spacial score (nSPS) is 14.3. The van der Waals surface area contributed by atoms with Crippen LogP contribution >= 0.6 is 0 Å². The van der Waals surface area contributed by atoms with Crippen molar-refractivity contribution in [3.63, 3.8) is 0 Å². The smallest absolute Gasteiger partial charge is 0.0846 e. The van der Waals surface area contributed by atoms with Crippen LogP contribution in [-0.4, -0.2) is 20.4 Å². The van der Waals surface area contributed by atoms with Crippen LogP contribution in [0.1, 0.15) is 83.2 Å². The molecule has 0 atom stereocenters. The van der Waals surface area contributed by atoms with Crippen LogP contribution in [0.2, 0.25) is 0 Å². The van der Waals surface area contributed by atoms with Crippen molar-refractivity contribution in [1.29, 1.82) is 0 Å². The van der Waals surface area contributed by atoms with E-state index in [2.05, 4.69) is 0 Å². The summed E-state index contributed by atoms with van der Waals surface area (Å²) >= 11 is 0. The Morgan fingerprint density at radius 1 is 0.565 bits per heavy atom. The fourth-order valence-corrected chi connectivity index (χ4v) is 3.36.